The number of halogens is 2. The van der Waals surface area contributed by atoms with E-state index in [4.69, 9.17) is 13.9 Å². The number of carbonyl (C=O) groups excluding carboxylic acids is 1. The topological polar surface area (TPSA) is 94.3 Å². The Morgan fingerprint density at radius 2 is 1.93 bits per heavy atom. The molecule has 1 aromatic heterocycles. The number of methoxy groups -OCH3 is 2. The Labute approximate surface area is 166 Å². The zero-order valence-electron chi connectivity index (χ0n) is 16.5. The van der Waals surface area contributed by atoms with Crippen LogP contribution in [0.4, 0.5) is 8.78 Å². The third-order valence-electron chi connectivity index (χ3n) is 3.96. The number of hydrogen-bond donors (Lipinski definition) is 2. The number of aryl methyl sites for hydroxylation is 1. The minimum Gasteiger partial charge on any atom is -0.497 e. The molecule has 2 N–H and O–H groups in total. The van der Waals surface area contributed by atoms with Crippen LogP contribution in [0.15, 0.2) is 33.7 Å². The molecule has 0 bridgehead atoms. The van der Waals surface area contributed by atoms with E-state index in [9.17, 15) is 13.6 Å². The predicted octanol–water partition coefficient (Wildman–Crippen LogP) is 2.85. The van der Waals surface area contributed by atoms with Crippen molar-refractivity contribution in [1.82, 2.24) is 10.6 Å². The predicted molar refractivity (Wildman–Crippen MR) is 101 cm³/mol. The second-order valence-corrected chi connectivity index (χ2v) is 5.81. The highest BCUT2D eigenvalue weighted by molar-refractivity contribution is 5.90. The van der Waals surface area contributed by atoms with Crippen molar-refractivity contribution in [3.63, 3.8) is 0 Å². The van der Waals surface area contributed by atoms with Gasteiger partial charge in [0, 0.05) is 19.2 Å². The van der Waals surface area contributed by atoms with Crippen molar-refractivity contribution in [3.05, 3.63) is 46.9 Å². The number of ether oxygens (including phenoxy) is 3. The number of aliphatic imine (C=N–C) groups is 1. The van der Waals surface area contributed by atoms with Crippen molar-refractivity contribution in [3.8, 4) is 11.5 Å². The summed E-state index contributed by atoms with van der Waals surface area (Å²) in [5.41, 5.74) is 0.812. The fourth-order valence-corrected chi connectivity index (χ4v) is 2.55. The van der Waals surface area contributed by atoms with Crippen molar-refractivity contribution in [2.45, 2.75) is 26.6 Å². The lowest BCUT2D eigenvalue weighted by atomic mass is 10.2. The molecule has 8 nitrogen and oxygen atoms in total. The molecule has 2 rings (SSSR count). The van der Waals surface area contributed by atoms with Gasteiger partial charge in [0.2, 0.25) is 0 Å². The summed E-state index contributed by atoms with van der Waals surface area (Å²) < 4.78 is 45.1. The lowest BCUT2D eigenvalue weighted by Gasteiger charge is -2.15. The molecule has 29 heavy (non-hydrogen) atoms. The van der Waals surface area contributed by atoms with Crippen LogP contribution >= 0.6 is 0 Å². The maximum atomic E-state index is 12.6. The first-order valence-electron chi connectivity index (χ1n) is 8.61. The van der Waals surface area contributed by atoms with E-state index in [0.29, 0.717) is 34.4 Å². The summed E-state index contributed by atoms with van der Waals surface area (Å²) in [6, 6.07) is 6.12. The van der Waals surface area contributed by atoms with Crippen LogP contribution in [0.5, 0.6) is 11.5 Å². The summed E-state index contributed by atoms with van der Waals surface area (Å²) in [6.07, 6.45) is 0. The summed E-state index contributed by atoms with van der Waals surface area (Å²) in [4.78, 5) is 15.7. The van der Waals surface area contributed by atoms with E-state index in [-0.39, 0.29) is 18.8 Å². The van der Waals surface area contributed by atoms with Crippen molar-refractivity contribution in [2.75, 3.05) is 21.3 Å². The molecule has 0 spiro atoms. The van der Waals surface area contributed by atoms with Gasteiger partial charge in [0.25, 0.3) is 0 Å². The number of rotatable bonds is 8. The van der Waals surface area contributed by atoms with E-state index in [0.717, 1.165) is 0 Å². The normalized spacial score (nSPS) is 11.3. The Morgan fingerprint density at radius 3 is 2.55 bits per heavy atom. The number of furan rings is 1. The maximum Gasteiger partial charge on any atom is 0.387 e. The number of benzene rings is 1. The van der Waals surface area contributed by atoms with Gasteiger partial charge in [0.1, 0.15) is 28.6 Å². The molecular weight excluding hydrogens is 388 g/mol. The fraction of sp³-hybridized carbons (Fsp3) is 0.368. The summed E-state index contributed by atoms with van der Waals surface area (Å²) in [5, 5.41) is 6.02. The van der Waals surface area contributed by atoms with Crippen molar-refractivity contribution in [2.24, 2.45) is 4.99 Å². The summed E-state index contributed by atoms with van der Waals surface area (Å²) in [5.74, 6) is 1.41. The minimum atomic E-state index is -2.94. The van der Waals surface area contributed by atoms with Gasteiger partial charge in [-0.05, 0) is 31.2 Å². The standard InChI is InChI=1S/C19H23F2N3O5/c1-11-15(17(25)27-4)8-14(28-11)10-24-19(22-2)23-9-12-7-13(26-3)5-6-16(12)29-18(20)21/h5-8,18H,9-10H2,1-4H3,(H2,22,23,24). The highest BCUT2D eigenvalue weighted by Crippen LogP contribution is 2.25. The molecule has 0 fully saturated rings. The molecule has 0 aliphatic rings. The van der Waals surface area contributed by atoms with E-state index < -0.39 is 12.6 Å². The van der Waals surface area contributed by atoms with Gasteiger partial charge in [-0.3, -0.25) is 4.99 Å². The smallest absolute Gasteiger partial charge is 0.387 e. The maximum absolute atomic E-state index is 12.6. The second kappa shape index (κ2) is 10.3. The Morgan fingerprint density at radius 1 is 1.21 bits per heavy atom. The number of nitrogens with one attached hydrogen (secondary N) is 2. The highest BCUT2D eigenvalue weighted by atomic mass is 19.3. The molecule has 0 aliphatic carbocycles. The number of alkyl halides is 2. The molecule has 0 amide bonds. The van der Waals surface area contributed by atoms with E-state index in [1.165, 1.54) is 26.4 Å². The fourth-order valence-electron chi connectivity index (χ4n) is 2.55. The molecule has 10 heteroatoms. The average Bonchev–Trinajstić information content (AvgIpc) is 3.08. The second-order valence-electron chi connectivity index (χ2n) is 5.81. The van der Waals surface area contributed by atoms with Gasteiger partial charge in [0.05, 0.1) is 20.8 Å². The molecule has 0 saturated heterocycles. The molecule has 1 heterocycles. The SMILES string of the molecule is CN=C(NCc1cc(C(=O)OC)c(C)o1)NCc1cc(OC)ccc1OC(F)F. The number of guanidine groups is 1. The minimum absolute atomic E-state index is 0.0353. The summed E-state index contributed by atoms with van der Waals surface area (Å²) >= 11 is 0. The molecular formula is C19H23F2N3O5. The van der Waals surface area contributed by atoms with Crippen LogP contribution in [0.2, 0.25) is 0 Å². The van der Waals surface area contributed by atoms with Crippen LogP contribution in [0.3, 0.4) is 0 Å². The summed E-state index contributed by atoms with van der Waals surface area (Å²) in [6.45, 7) is -0.874. The van der Waals surface area contributed by atoms with Crippen molar-refractivity contribution < 1.29 is 32.2 Å². The van der Waals surface area contributed by atoms with Gasteiger partial charge < -0.3 is 29.3 Å². The van der Waals surface area contributed by atoms with Crippen molar-refractivity contribution in [1.29, 1.82) is 0 Å². The van der Waals surface area contributed by atoms with Crippen LogP contribution in [-0.4, -0.2) is 39.8 Å². The summed E-state index contributed by atoms with van der Waals surface area (Å²) in [7, 11) is 4.34. The Hall–Kier alpha value is -3.30. The number of carbonyl (C=O) groups is 1. The largest absolute Gasteiger partial charge is 0.497 e. The molecule has 2 aromatic rings. The molecule has 0 radical (unpaired) electrons. The van der Waals surface area contributed by atoms with Gasteiger partial charge in [-0.2, -0.15) is 8.78 Å². The first-order valence-corrected chi connectivity index (χ1v) is 8.61. The third-order valence-corrected chi connectivity index (χ3v) is 3.96. The first-order chi connectivity index (χ1) is 13.9. The van der Waals surface area contributed by atoms with E-state index >= 15 is 0 Å². The molecule has 0 saturated carbocycles. The van der Waals surface area contributed by atoms with Crippen molar-refractivity contribution >= 4 is 11.9 Å². The van der Waals surface area contributed by atoms with Crippen LogP contribution in [0.1, 0.15) is 27.4 Å². The van der Waals surface area contributed by atoms with Gasteiger partial charge in [-0.1, -0.05) is 0 Å². The number of esters is 1. The van der Waals surface area contributed by atoms with E-state index in [1.807, 2.05) is 0 Å². The molecule has 0 unspecified atom stereocenters. The van der Waals surface area contributed by atoms with Crippen LogP contribution in [-0.2, 0) is 17.8 Å². The molecule has 158 valence electrons. The quantitative estimate of drug-likeness (QED) is 0.392. The van der Waals surface area contributed by atoms with Gasteiger partial charge >= 0.3 is 12.6 Å². The lowest BCUT2D eigenvalue weighted by molar-refractivity contribution is -0.0505. The molecule has 1 aromatic carbocycles. The Kier molecular flexibility index (Phi) is 7.81. The zero-order valence-corrected chi connectivity index (χ0v) is 16.5. The molecule has 0 aliphatic heterocycles. The lowest BCUT2D eigenvalue weighted by Crippen LogP contribution is -2.36. The zero-order chi connectivity index (χ0) is 21.4. The van der Waals surface area contributed by atoms with E-state index in [2.05, 4.69) is 20.4 Å². The first kappa shape index (κ1) is 22.0. The van der Waals surface area contributed by atoms with Crippen LogP contribution < -0.4 is 20.1 Å². The molecule has 0 atom stereocenters. The van der Waals surface area contributed by atoms with Gasteiger partial charge in [0.15, 0.2) is 5.96 Å². The Balaban J connectivity index is 2.02. The van der Waals surface area contributed by atoms with Gasteiger partial charge in [-0.15, -0.1) is 0 Å². The van der Waals surface area contributed by atoms with Crippen LogP contribution in [0, 0.1) is 6.92 Å². The monoisotopic (exact) mass is 411 g/mol. The average molecular weight is 411 g/mol. The number of hydrogen-bond acceptors (Lipinski definition) is 6. The highest BCUT2D eigenvalue weighted by Gasteiger charge is 2.16. The Bertz CT molecular complexity index is 868. The van der Waals surface area contributed by atoms with Gasteiger partial charge in [-0.25, -0.2) is 4.79 Å². The number of nitrogens with zero attached hydrogens (tertiary/aromatic N) is 1. The van der Waals surface area contributed by atoms with Crippen LogP contribution in [0.25, 0.3) is 0 Å². The third kappa shape index (κ3) is 6.09. The van der Waals surface area contributed by atoms with E-state index in [1.54, 1.807) is 26.1 Å².